The smallest absolute Gasteiger partial charge is 0.265 e. The van der Waals surface area contributed by atoms with Crippen molar-refractivity contribution in [2.24, 2.45) is 0 Å². The van der Waals surface area contributed by atoms with E-state index >= 15 is 0 Å². The molecule has 0 saturated carbocycles. The summed E-state index contributed by atoms with van der Waals surface area (Å²) in [6.07, 6.45) is 0. The zero-order chi connectivity index (χ0) is 30.1. The highest BCUT2D eigenvalue weighted by Gasteiger charge is 2.28. The third-order valence-electron chi connectivity index (χ3n) is 6.58. The van der Waals surface area contributed by atoms with Gasteiger partial charge in [-0.15, -0.1) is 0 Å². The molecule has 0 saturated heterocycles. The van der Waals surface area contributed by atoms with Crippen molar-refractivity contribution in [3.8, 4) is 11.5 Å². The van der Waals surface area contributed by atoms with E-state index in [0.29, 0.717) is 0 Å². The summed E-state index contributed by atoms with van der Waals surface area (Å²) in [5, 5.41) is 0. The summed E-state index contributed by atoms with van der Waals surface area (Å²) in [6.45, 7) is 12.5. The molecule has 1 aliphatic heterocycles. The second-order valence-corrected chi connectivity index (χ2v) is 15.2. The van der Waals surface area contributed by atoms with Gasteiger partial charge in [-0.25, -0.2) is 16.8 Å². The van der Waals surface area contributed by atoms with Crippen LogP contribution in [0.3, 0.4) is 0 Å². The van der Waals surface area contributed by atoms with Crippen molar-refractivity contribution in [2.45, 2.75) is 62.2 Å². The average molecular weight is 603 g/mol. The van der Waals surface area contributed by atoms with Crippen molar-refractivity contribution in [3.05, 3.63) is 71.8 Å². The van der Waals surface area contributed by atoms with Crippen LogP contribution in [0.2, 0.25) is 0 Å². The van der Waals surface area contributed by atoms with E-state index in [1.807, 2.05) is 53.7 Å². The van der Waals surface area contributed by atoms with Gasteiger partial charge in [-0.3, -0.25) is 9.44 Å². The van der Waals surface area contributed by atoms with Crippen LogP contribution in [0.5, 0.6) is 11.5 Å². The van der Waals surface area contributed by atoms with Gasteiger partial charge in [0.15, 0.2) is 0 Å². The molecule has 0 spiro atoms. The highest BCUT2D eigenvalue weighted by Crippen LogP contribution is 2.36. The predicted molar refractivity (Wildman–Crippen MR) is 160 cm³/mol. The highest BCUT2D eigenvalue weighted by molar-refractivity contribution is 7.93. The largest absolute Gasteiger partial charge is 0.490 e. The average Bonchev–Trinajstić information content (AvgIpc) is 2.87. The van der Waals surface area contributed by atoms with Crippen molar-refractivity contribution in [1.82, 2.24) is 0 Å². The molecule has 222 valence electrons. The van der Waals surface area contributed by atoms with E-state index in [0.717, 1.165) is 11.1 Å². The van der Waals surface area contributed by atoms with Crippen molar-refractivity contribution in [2.75, 3.05) is 35.9 Å². The summed E-state index contributed by atoms with van der Waals surface area (Å²) >= 11 is 0. The first-order valence-electron chi connectivity index (χ1n) is 13.3. The first-order chi connectivity index (χ1) is 19.1. The van der Waals surface area contributed by atoms with Crippen LogP contribution in [0.15, 0.2) is 70.5 Å². The minimum Gasteiger partial charge on any atom is -0.490 e. The molecule has 0 fully saturated rings. The zero-order valence-corrected chi connectivity index (χ0v) is 25.9. The normalized spacial score (nSPS) is 17.6. The molecular weight excluding hydrogens is 564 g/mol. The lowest BCUT2D eigenvalue weighted by atomic mass is 9.87. The number of benzene rings is 3. The van der Waals surface area contributed by atoms with E-state index in [1.165, 1.54) is 12.1 Å². The molecule has 0 unspecified atom stereocenters. The van der Waals surface area contributed by atoms with Gasteiger partial charge < -0.3 is 14.2 Å². The molecule has 4 rings (SSSR count). The third kappa shape index (κ3) is 7.33. The van der Waals surface area contributed by atoms with Crippen LogP contribution in [-0.2, 0) is 35.6 Å². The summed E-state index contributed by atoms with van der Waals surface area (Å²) in [4.78, 5) is -0.120. The Morgan fingerprint density at radius 2 is 0.976 bits per heavy atom. The van der Waals surface area contributed by atoms with Crippen LogP contribution in [-0.4, -0.2) is 43.3 Å². The minimum atomic E-state index is -4.21. The van der Waals surface area contributed by atoms with E-state index in [4.69, 9.17) is 14.2 Å². The second-order valence-electron chi connectivity index (χ2n) is 11.9. The monoisotopic (exact) mass is 602 g/mol. The van der Waals surface area contributed by atoms with Crippen molar-refractivity contribution in [3.63, 3.8) is 0 Å². The fourth-order valence-corrected chi connectivity index (χ4v) is 6.69. The fraction of sp³-hybridized carbons (Fsp3) is 0.400. The molecule has 3 aromatic rings. The number of hydrogen-bond donors (Lipinski definition) is 2. The van der Waals surface area contributed by atoms with Gasteiger partial charge in [0.1, 0.15) is 34.5 Å². The molecule has 3 aromatic carbocycles. The van der Waals surface area contributed by atoms with Crippen molar-refractivity contribution in [1.29, 1.82) is 0 Å². The Labute approximate surface area is 243 Å². The second kappa shape index (κ2) is 11.5. The number of anilines is 2. The lowest BCUT2D eigenvalue weighted by Crippen LogP contribution is -2.20. The molecule has 1 heterocycles. The van der Waals surface area contributed by atoms with Crippen LogP contribution < -0.4 is 18.9 Å². The Morgan fingerprint density at radius 1 is 0.585 bits per heavy atom. The van der Waals surface area contributed by atoms with Gasteiger partial charge in [-0.1, -0.05) is 65.8 Å². The lowest BCUT2D eigenvalue weighted by molar-refractivity contribution is 0.0750. The van der Waals surface area contributed by atoms with Gasteiger partial charge >= 0.3 is 0 Å². The Bertz CT molecular complexity index is 1500. The molecule has 11 heteroatoms. The molecule has 0 aromatic heterocycles. The Hall–Kier alpha value is -3.28. The van der Waals surface area contributed by atoms with Crippen LogP contribution in [0.1, 0.15) is 52.7 Å². The molecule has 2 N–H and O–H groups in total. The minimum absolute atomic E-state index is 0.0598. The topological polar surface area (TPSA) is 120 Å². The molecule has 0 bridgehead atoms. The standard InChI is InChI=1S/C30H38N2O7S2/c1-29(2,3)21-11-13-25-27(19-21)40(33,34)31-23-9-7-8-10-24(23)32-41(35,36)28-20-22(30(4,5)6)12-14-26(28)39-18-16-37-15-17-38-25/h7-14,19-20,31-32H,15-18H2,1-6H3. The number of para-hydroxylation sites is 2. The maximum absolute atomic E-state index is 13.8. The van der Waals surface area contributed by atoms with Gasteiger partial charge in [-0.2, -0.15) is 0 Å². The Morgan fingerprint density at radius 3 is 1.34 bits per heavy atom. The van der Waals surface area contributed by atoms with Gasteiger partial charge in [0.2, 0.25) is 0 Å². The molecule has 0 radical (unpaired) electrons. The predicted octanol–water partition coefficient (Wildman–Crippen LogP) is 5.67. The zero-order valence-electron chi connectivity index (χ0n) is 24.3. The quantitative estimate of drug-likeness (QED) is 0.340. The number of sulfonamides is 2. The summed E-state index contributed by atoms with van der Waals surface area (Å²) in [7, 11) is -8.42. The summed E-state index contributed by atoms with van der Waals surface area (Å²) in [5.74, 6) is 0.324. The van der Waals surface area contributed by atoms with Gasteiger partial charge in [0, 0.05) is 0 Å². The number of hydrogen-bond acceptors (Lipinski definition) is 7. The van der Waals surface area contributed by atoms with Gasteiger partial charge in [0.05, 0.1) is 24.6 Å². The third-order valence-corrected chi connectivity index (χ3v) is 9.36. The van der Waals surface area contributed by atoms with Crippen LogP contribution >= 0.6 is 0 Å². The number of nitrogens with one attached hydrogen (secondary N) is 2. The number of fused-ring (bicyclic) bond motifs is 3. The first kappa shape index (κ1) is 30.7. The SMILES string of the molecule is CC(C)(C)c1ccc2c(c1)S(=O)(=O)Nc1ccccc1NS(=O)(=O)c1cc(C(C)(C)C)ccc1OCCOCCO2. The van der Waals surface area contributed by atoms with Crippen molar-refractivity contribution >= 4 is 31.4 Å². The van der Waals surface area contributed by atoms with Crippen LogP contribution in [0, 0.1) is 0 Å². The maximum Gasteiger partial charge on any atom is 0.265 e. The lowest BCUT2D eigenvalue weighted by Gasteiger charge is -2.22. The van der Waals surface area contributed by atoms with Crippen LogP contribution in [0.4, 0.5) is 11.4 Å². The molecule has 0 atom stereocenters. The van der Waals surface area contributed by atoms with E-state index in [2.05, 4.69) is 9.44 Å². The number of rotatable bonds is 0. The first-order valence-corrected chi connectivity index (χ1v) is 16.3. The van der Waals surface area contributed by atoms with E-state index < -0.39 is 20.0 Å². The van der Waals surface area contributed by atoms with Crippen LogP contribution in [0.25, 0.3) is 0 Å². The van der Waals surface area contributed by atoms with E-state index in [-0.39, 0.29) is 69.9 Å². The molecular formula is C30H38N2O7S2. The maximum atomic E-state index is 13.8. The molecule has 0 amide bonds. The molecule has 41 heavy (non-hydrogen) atoms. The highest BCUT2D eigenvalue weighted by atomic mass is 32.2. The summed E-state index contributed by atoms with van der Waals surface area (Å²) in [5.41, 5.74) is 1.06. The molecule has 9 nitrogen and oxygen atoms in total. The van der Waals surface area contributed by atoms with E-state index in [9.17, 15) is 16.8 Å². The number of ether oxygens (including phenoxy) is 3. The fourth-order valence-electron chi connectivity index (χ4n) is 4.19. The Kier molecular flexibility index (Phi) is 8.63. The Balaban J connectivity index is 1.83. The van der Waals surface area contributed by atoms with Crippen molar-refractivity contribution < 1.29 is 31.0 Å². The summed E-state index contributed by atoms with van der Waals surface area (Å²) < 4.78 is 77.5. The molecule has 0 aliphatic carbocycles. The van der Waals surface area contributed by atoms with Gasteiger partial charge in [-0.05, 0) is 58.4 Å². The van der Waals surface area contributed by atoms with E-state index in [1.54, 1.807) is 36.4 Å². The van der Waals surface area contributed by atoms with Gasteiger partial charge in [0.25, 0.3) is 20.0 Å². The summed E-state index contributed by atoms with van der Waals surface area (Å²) in [6, 6.07) is 16.3. The molecule has 1 aliphatic rings.